The van der Waals surface area contributed by atoms with Gasteiger partial charge in [-0.05, 0) is 65.9 Å². The molecule has 4 nitrogen and oxygen atoms in total. The van der Waals surface area contributed by atoms with Crippen LogP contribution in [0.4, 0.5) is 0 Å². The van der Waals surface area contributed by atoms with Crippen LogP contribution in [0.25, 0.3) is 34.2 Å². The Morgan fingerprint density at radius 2 is 1.80 bits per heavy atom. The van der Waals surface area contributed by atoms with Crippen LogP contribution in [0.1, 0.15) is 48.3 Å². The lowest BCUT2D eigenvalue weighted by atomic mass is 9.88. The van der Waals surface area contributed by atoms with E-state index in [-0.39, 0.29) is 0 Å². The molecule has 1 atom stereocenters. The number of carboxylic acid groups (broad SMARTS) is 1. The normalized spacial score (nSPS) is 12.3. The van der Waals surface area contributed by atoms with Crippen molar-refractivity contribution >= 4 is 40.6 Å². The number of fused-ring (bicyclic) bond motifs is 1. The number of unbranched alkanes of at least 4 members (excludes halogenated alkanes) is 1. The molecule has 0 radical (unpaired) electrons. The topological polar surface area (TPSA) is 59.4 Å². The van der Waals surface area contributed by atoms with Gasteiger partial charge in [0.25, 0.3) is 0 Å². The summed E-state index contributed by atoms with van der Waals surface area (Å²) >= 11 is 6.15. The first-order chi connectivity index (χ1) is 17.0. The van der Waals surface area contributed by atoms with Crippen LogP contribution in [0.5, 0.6) is 0 Å². The standard InChI is InChI=1S/C30H28ClNO3/c1-3-4-18-35-29(30(33)34)27-20(2)19-26-25(28(27)22-11-13-23(31)14-12-22)17-16-24(32-26)15-10-21-8-6-5-7-9-21/h5-17,19,29H,3-4,18H2,1-2H3,(H,33,34). The molecule has 1 aromatic heterocycles. The second kappa shape index (κ2) is 11.3. The van der Waals surface area contributed by atoms with Gasteiger partial charge in [0.1, 0.15) is 0 Å². The van der Waals surface area contributed by atoms with Crippen molar-refractivity contribution in [2.45, 2.75) is 32.8 Å². The van der Waals surface area contributed by atoms with Gasteiger partial charge in [-0.25, -0.2) is 9.78 Å². The average molecular weight is 486 g/mol. The van der Waals surface area contributed by atoms with Crippen LogP contribution in [0.2, 0.25) is 5.02 Å². The lowest BCUT2D eigenvalue weighted by molar-refractivity contribution is -0.151. The second-order valence-corrected chi connectivity index (χ2v) is 8.91. The number of aliphatic carboxylic acids is 1. The molecule has 0 saturated carbocycles. The molecular weight excluding hydrogens is 458 g/mol. The summed E-state index contributed by atoms with van der Waals surface area (Å²) in [5.41, 5.74) is 5.87. The molecule has 0 fully saturated rings. The highest BCUT2D eigenvalue weighted by Crippen LogP contribution is 2.39. The van der Waals surface area contributed by atoms with Gasteiger partial charge >= 0.3 is 5.97 Å². The fourth-order valence-electron chi connectivity index (χ4n) is 4.16. The van der Waals surface area contributed by atoms with E-state index in [0.717, 1.165) is 51.7 Å². The Kier molecular flexibility index (Phi) is 7.96. The third-order valence-electron chi connectivity index (χ3n) is 5.91. The number of benzene rings is 3. The third kappa shape index (κ3) is 5.79. The fourth-order valence-corrected chi connectivity index (χ4v) is 4.29. The Hall–Kier alpha value is -3.47. The van der Waals surface area contributed by atoms with Crippen LogP contribution in [0, 0.1) is 6.92 Å². The van der Waals surface area contributed by atoms with Crippen molar-refractivity contribution in [2.75, 3.05) is 6.61 Å². The molecule has 0 aliphatic heterocycles. The number of aromatic nitrogens is 1. The first-order valence-electron chi connectivity index (χ1n) is 11.8. The van der Waals surface area contributed by atoms with E-state index in [9.17, 15) is 9.90 Å². The van der Waals surface area contributed by atoms with Crippen molar-refractivity contribution in [1.29, 1.82) is 0 Å². The smallest absolute Gasteiger partial charge is 0.337 e. The van der Waals surface area contributed by atoms with Crippen LogP contribution < -0.4 is 0 Å². The van der Waals surface area contributed by atoms with Crippen LogP contribution >= 0.6 is 11.6 Å². The number of carboxylic acids is 1. The molecule has 4 rings (SSSR count). The quantitative estimate of drug-likeness (QED) is 0.244. The summed E-state index contributed by atoms with van der Waals surface area (Å²) in [5.74, 6) is -1.01. The predicted octanol–water partition coefficient (Wildman–Crippen LogP) is 7.98. The van der Waals surface area contributed by atoms with Gasteiger partial charge in [-0.15, -0.1) is 0 Å². The van der Waals surface area contributed by atoms with Gasteiger partial charge < -0.3 is 9.84 Å². The Labute approximate surface area is 210 Å². The van der Waals surface area contributed by atoms with Crippen LogP contribution in [-0.2, 0) is 9.53 Å². The van der Waals surface area contributed by atoms with Gasteiger partial charge in [0.2, 0.25) is 0 Å². The Balaban J connectivity index is 1.87. The summed E-state index contributed by atoms with van der Waals surface area (Å²) in [6.07, 6.45) is 4.65. The van der Waals surface area contributed by atoms with Gasteiger partial charge in [0, 0.05) is 22.6 Å². The highest BCUT2D eigenvalue weighted by atomic mass is 35.5. The molecule has 3 aromatic carbocycles. The first kappa shape index (κ1) is 24.6. The van der Waals surface area contributed by atoms with Crippen LogP contribution in [0.15, 0.2) is 72.8 Å². The zero-order valence-electron chi connectivity index (χ0n) is 19.9. The van der Waals surface area contributed by atoms with E-state index in [1.54, 1.807) is 0 Å². The van der Waals surface area contributed by atoms with E-state index >= 15 is 0 Å². The molecule has 5 heteroatoms. The SMILES string of the molecule is CCCCOC(C(=O)O)c1c(C)cc2nc(C=Cc3ccccc3)ccc2c1-c1ccc(Cl)cc1. The maximum Gasteiger partial charge on any atom is 0.337 e. The number of carbonyl (C=O) groups is 1. The number of hydrogen-bond acceptors (Lipinski definition) is 3. The highest BCUT2D eigenvalue weighted by molar-refractivity contribution is 6.30. The zero-order chi connectivity index (χ0) is 24.8. The van der Waals surface area contributed by atoms with Gasteiger partial charge in [-0.1, -0.05) is 79.6 Å². The molecule has 1 unspecified atom stereocenters. The number of aryl methyl sites for hydroxylation is 1. The Bertz CT molecular complexity index is 1350. The summed E-state index contributed by atoms with van der Waals surface area (Å²) in [4.78, 5) is 17.2. The van der Waals surface area contributed by atoms with Gasteiger partial charge in [-0.3, -0.25) is 0 Å². The van der Waals surface area contributed by atoms with E-state index in [0.29, 0.717) is 17.2 Å². The molecular formula is C30H28ClNO3. The maximum atomic E-state index is 12.3. The largest absolute Gasteiger partial charge is 0.479 e. The van der Waals surface area contributed by atoms with Gasteiger partial charge in [-0.2, -0.15) is 0 Å². The Morgan fingerprint density at radius 3 is 2.49 bits per heavy atom. The lowest BCUT2D eigenvalue weighted by Crippen LogP contribution is -2.18. The fraction of sp³-hybridized carbons (Fsp3) is 0.200. The molecule has 4 aromatic rings. The van der Waals surface area contributed by atoms with Crippen molar-refractivity contribution in [2.24, 2.45) is 0 Å². The molecule has 35 heavy (non-hydrogen) atoms. The second-order valence-electron chi connectivity index (χ2n) is 8.48. The highest BCUT2D eigenvalue weighted by Gasteiger charge is 2.28. The summed E-state index contributed by atoms with van der Waals surface area (Å²) in [6.45, 7) is 4.35. The van der Waals surface area contributed by atoms with Gasteiger partial charge in [0.05, 0.1) is 11.2 Å². The molecule has 0 saturated heterocycles. The van der Waals surface area contributed by atoms with Crippen molar-refractivity contribution in [3.8, 4) is 11.1 Å². The number of halogens is 1. The minimum atomic E-state index is -1.07. The van der Waals surface area contributed by atoms with Gasteiger partial charge in [0.15, 0.2) is 6.10 Å². The van der Waals surface area contributed by atoms with Crippen LogP contribution in [-0.4, -0.2) is 22.7 Å². The molecule has 1 N–H and O–H groups in total. The monoisotopic (exact) mass is 485 g/mol. The number of pyridine rings is 1. The zero-order valence-corrected chi connectivity index (χ0v) is 20.6. The van der Waals surface area contributed by atoms with Crippen molar-refractivity contribution in [3.63, 3.8) is 0 Å². The van der Waals surface area contributed by atoms with E-state index in [2.05, 4.69) is 6.92 Å². The number of hydrogen-bond donors (Lipinski definition) is 1. The molecule has 1 heterocycles. The van der Waals surface area contributed by atoms with Crippen molar-refractivity contribution < 1.29 is 14.6 Å². The summed E-state index contributed by atoms with van der Waals surface area (Å²) in [5, 5.41) is 11.6. The maximum absolute atomic E-state index is 12.3. The molecule has 0 aliphatic rings. The van der Waals surface area contributed by atoms with Crippen LogP contribution in [0.3, 0.4) is 0 Å². The summed E-state index contributed by atoms with van der Waals surface area (Å²) in [7, 11) is 0. The molecule has 0 aliphatic carbocycles. The summed E-state index contributed by atoms with van der Waals surface area (Å²) < 4.78 is 5.90. The average Bonchev–Trinajstić information content (AvgIpc) is 2.86. The minimum absolute atomic E-state index is 0.381. The number of nitrogens with zero attached hydrogens (tertiary/aromatic N) is 1. The summed E-state index contributed by atoms with van der Waals surface area (Å²) in [6, 6.07) is 23.4. The minimum Gasteiger partial charge on any atom is -0.479 e. The molecule has 0 amide bonds. The number of rotatable bonds is 9. The Morgan fingerprint density at radius 1 is 1.06 bits per heavy atom. The first-order valence-corrected chi connectivity index (χ1v) is 12.1. The lowest BCUT2D eigenvalue weighted by Gasteiger charge is -2.22. The molecule has 0 bridgehead atoms. The predicted molar refractivity (Wildman–Crippen MR) is 144 cm³/mol. The molecule has 0 spiro atoms. The van der Waals surface area contributed by atoms with Crippen molar-refractivity contribution in [3.05, 3.63) is 100 Å². The van der Waals surface area contributed by atoms with E-state index in [1.165, 1.54) is 0 Å². The number of ether oxygens (including phenoxy) is 1. The third-order valence-corrected chi connectivity index (χ3v) is 6.16. The van der Waals surface area contributed by atoms with E-state index in [4.69, 9.17) is 21.3 Å². The van der Waals surface area contributed by atoms with Crippen molar-refractivity contribution in [1.82, 2.24) is 4.98 Å². The van der Waals surface area contributed by atoms with E-state index in [1.807, 2.05) is 91.9 Å². The van der Waals surface area contributed by atoms with E-state index < -0.39 is 12.1 Å². The molecule has 178 valence electrons.